The predicted octanol–water partition coefficient (Wildman–Crippen LogP) is 6.15. The van der Waals surface area contributed by atoms with Crippen molar-refractivity contribution in [3.63, 3.8) is 0 Å². The van der Waals surface area contributed by atoms with Crippen LogP contribution in [0.5, 0.6) is 0 Å². The maximum Gasteiger partial charge on any atom is 0.279 e. The lowest BCUT2D eigenvalue weighted by molar-refractivity contribution is 0.0997. The summed E-state index contributed by atoms with van der Waals surface area (Å²) in [6, 6.07) is 18.6. The minimum Gasteiger partial charge on any atom is -0.311 e. The highest BCUT2D eigenvalue weighted by atomic mass is 35.5. The number of allylic oxidation sites excluding steroid dienone is 1. The number of sulfonamides is 1. The zero-order valence-electron chi connectivity index (χ0n) is 19.4. The van der Waals surface area contributed by atoms with Gasteiger partial charge in [-0.1, -0.05) is 77.9 Å². The molecule has 4 aromatic rings. The Morgan fingerprint density at radius 3 is 2.44 bits per heavy atom. The van der Waals surface area contributed by atoms with Crippen molar-refractivity contribution in [1.82, 2.24) is 8.87 Å². The van der Waals surface area contributed by atoms with E-state index in [1.165, 1.54) is 39.9 Å². The number of hydrogen-bond acceptors (Lipinski definition) is 4. The van der Waals surface area contributed by atoms with E-state index in [2.05, 4.69) is 11.6 Å². The van der Waals surface area contributed by atoms with Crippen LogP contribution in [0.2, 0.25) is 10.0 Å². The lowest BCUT2D eigenvalue weighted by Crippen LogP contribution is -2.30. The summed E-state index contributed by atoms with van der Waals surface area (Å²) < 4.78 is 30.4. The highest BCUT2D eigenvalue weighted by Gasteiger charge is 2.23. The molecule has 0 aliphatic carbocycles. The molecule has 0 N–H and O–H groups in total. The van der Waals surface area contributed by atoms with E-state index in [4.69, 9.17) is 23.2 Å². The number of halogens is 2. The van der Waals surface area contributed by atoms with Gasteiger partial charge in [0.05, 0.1) is 20.1 Å². The second-order valence-electron chi connectivity index (χ2n) is 7.88. The van der Waals surface area contributed by atoms with E-state index in [1.807, 2.05) is 30.3 Å². The number of carbonyl (C=O) groups excluding carboxylic acids is 1. The molecule has 0 spiro atoms. The molecule has 36 heavy (non-hydrogen) atoms. The van der Waals surface area contributed by atoms with Gasteiger partial charge >= 0.3 is 0 Å². The van der Waals surface area contributed by atoms with Crippen LogP contribution in [0.3, 0.4) is 0 Å². The monoisotopic (exact) mass is 559 g/mol. The molecule has 0 unspecified atom stereocenters. The molecule has 186 valence electrons. The van der Waals surface area contributed by atoms with Gasteiger partial charge in [0.2, 0.25) is 10.0 Å². The predicted molar refractivity (Wildman–Crippen MR) is 146 cm³/mol. The topological polar surface area (TPSA) is 71.7 Å². The lowest BCUT2D eigenvalue weighted by atomic mass is 10.2. The van der Waals surface area contributed by atoms with Crippen molar-refractivity contribution in [2.75, 3.05) is 6.54 Å². The average molecular weight is 561 g/mol. The average Bonchev–Trinajstić information content (AvgIpc) is 3.20. The molecule has 0 aliphatic heterocycles. The summed E-state index contributed by atoms with van der Waals surface area (Å²) in [7, 11) is -3.74. The number of amides is 1. The number of carbonyl (C=O) groups is 1. The fraction of sp³-hybridized carbons (Fsp3) is 0.154. The maximum absolute atomic E-state index is 13.2. The molecule has 1 aromatic heterocycles. The third-order valence-corrected chi connectivity index (χ3v) is 8.96. The minimum absolute atomic E-state index is 0.113. The van der Waals surface area contributed by atoms with E-state index in [9.17, 15) is 13.2 Å². The Balaban J connectivity index is 1.65. The van der Waals surface area contributed by atoms with E-state index in [1.54, 1.807) is 29.7 Å². The van der Waals surface area contributed by atoms with Crippen molar-refractivity contribution < 1.29 is 13.2 Å². The molecule has 0 atom stereocenters. The summed E-state index contributed by atoms with van der Waals surface area (Å²) >= 11 is 13.8. The number of fused-ring (bicyclic) bond motifs is 1. The molecule has 10 heteroatoms. The standard InChI is InChI=1S/C26H23Cl2N3O3S2/c1-3-14-31-24-22(28)15-20(27)16-23(24)35-26(31)29-25(32)19-10-12-21(13-11-19)36(33,34)30(4-2)17-18-8-6-5-7-9-18/h3,5-13,15-16H,1,4,14,17H2,2H3. The number of aromatic nitrogens is 1. The van der Waals surface area contributed by atoms with Gasteiger partial charge in [-0.3, -0.25) is 4.79 Å². The quantitative estimate of drug-likeness (QED) is 0.243. The fourth-order valence-corrected chi connectivity index (χ4v) is 6.99. The molecule has 4 rings (SSSR count). The van der Waals surface area contributed by atoms with Crippen molar-refractivity contribution in [1.29, 1.82) is 0 Å². The molecule has 0 bridgehead atoms. The second-order valence-corrected chi connectivity index (χ2v) is 11.7. The van der Waals surface area contributed by atoms with E-state index in [0.29, 0.717) is 27.9 Å². The fourth-order valence-electron chi connectivity index (χ4n) is 3.74. The van der Waals surface area contributed by atoms with E-state index in [-0.39, 0.29) is 17.0 Å². The lowest BCUT2D eigenvalue weighted by Gasteiger charge is -2.20. The van der Waals surface area contributed by atoms with Gasteiger partial charge in [-0.05, 0) is 42.0 Å². The van der Waals surface area contributed by atoms with Crippen LogP contribution in [0, 0.1) is 0 Å². The van der Waals surface area contributed by atoms with Gasteiger partial charge in [0.25, 0.3) is 5.91 Å². The van der Waals surface area contributed by atoms with E-state index >= 15 is 0 Å². The van der Waals surface area contributed by atoms with Crippen LogP contribution in [0.15, 0.2) is 89.3 Å². The zero-order valence-corrected chi connectivity index (χ0v) is 22.5. The first kappa shape index (κ1) is 26.3. The molecule has 0 saturated heterocycles. The summed E-state index contributed by atoms with van der Waals surface area (Å²) in [5.41, 5.74) is 1.88. The molecule has 0 radical (unpaired) electrons. The van der Waals surface area contributed by atoms with Crippen LogP contribution in [-0.2, 0) is 23.1 Å². The van der Waals surface area contributed by atoms with Gasteiger partial charge in [-0.25, -0.2) is 8.42 Å². The normalized spacial score (nSPS) is 12.4. The van der Waals surface area contributed by atoms with Crippen molar-refractivity contribution in [2.24, 2.45) is 4.99 Å². The van der Waals surface area contributed by atoms with E-state index < -0.39 is 15.9 Å². The Kier molecular flexibility index (Phi) is 8.12. The van der Waals surface area contributed by atoms with Crippen LogP contribution >= 0.6 is 34.5 Å². The first-order valence-corrected chi connectivity index (χ1v) is 14.1. The van der Waals surface area contributed by atoms with Crippen LogP contribution in [0.1, 0.15) is 22.8 Å². The summed E-state index contributed by atoms with van der Waals surface area (Å²) in [5, 5.41) is 0.942. The van der Waals surface area contributed by atoms with Crippen molar-refractivity contribution >= 4 is 60.7 Å². The van der Waals surface area contributed by atoms with Crippen LogP contribution in [0.25, 0.3) is 10.2 Å². The first-order chi connectivity index (χ1) is 17.2. The molecule has 6 nitrogen and oxygen atoms in total. The van der Waals surface area contributed by atoms with Gasteiger partial charge in [-0.15, -0.1) is 6.58 Å². The maximum atomic E-state index is 13.2. The van der Waals surface area contributed by atoms with Crippen molar-refractivity contribution in [3.8, 4) is 0 Å². The second kappa shape index (κ2) is 11.1. The molecular weight excluding hydrogens is 537 g/mol. The van der Waals surface area contributed by atoms with E-state index in [0.717, 1.165) is 15.8 Å². The Morgan fingerprint density at radius 2 is 1.81 bits per heavy atom. The number of hydrogen-bond donors (Lipinski definition) is 0. The number of rotatable bonds is 8. The van der Waals surface area contributed by atoms with Crippen LogP contribution in [-0.4, -0.2) is 29.7 Å². The minimum atomic E-state index is -3.74. The Morgan fingerprint density at radius 1 is 1.11 bits per heavy atom. The van der Waals surface area contributed by atoms with Crippen LogP contribution < -0.4 is 4.80 Å². The van der Waals surface area contributed by atoms with Gasteiger partial charge in [0.1, 0.15) is 0 Å². The molecule has 0 fully saturated rings. The van der Waals surface area contributed by atoms with Gasteiger partial charge in [-0.2, -0.15) is 9.30 Å². The summed E-state index contributed by atoms with van der Waals surface area (Å²) in [5.74, 6) is -0.498. The van der Waals surface area contributed by atoms with Crippen molar-refractivity contribution in [3.05, 3.63) is 105 Å². The number of nitrogens with zero attached hydrogens (tertiary/aromatic N) is 3. The Labute approximate surface area is 223 Å². The van der Waals surface area contributed by atoms with Crippen LogP contribution in [0.4, 0.5) is 0 Å². The SMILES string of the molecule is C=CCn1c(=NC(=O)c2ccc(S(=O)(=O)N(CC)Cc3ccccc3)cc2)sc2cc(Cl)cc(Cl)c21. The summed E-state index contributed by atoms with van der Waals surface area (Å²) in [4.78, 5) is 17.8. The largest absolute Gasteiger partial charge is 0.311 e. The Hall–Kier alpha value is -2.75. The highest BCUT2D eigenvalue weighted by Crippen LogP contribution is 2.30. The molecule has 0 saturated carbocycles. The molecular formula is C26H23Cl2N3O3S2. The number of thiazole rings is 1. The zero-order chi connectivity index (χ0) is 25.9. The third kappa shape index (κ3) is 5.48. The molecule has 0 aliphatic rings. The molecule has 1 amide bonds. The summed E-state index contributed by atoms with van der Waals surface area (Å²) in [6.45, 7) is 6.54. The highest BCUT2D eigenvalue weighted by molar-refractivity contribution is 7.89. The first-order valence-electron chi connectivity index (χ1n) is 11.1. The van der Waals surface area contributed by atoms with Gasteiger partial charge in [0, 0.05) is 30.2 Å². The Bertz CT molecular complexity index is 1590. The summed E-state index contributed by atoms with van der Waals surface area (Å²) in [6.07, 6.45) is 1.69. The van der Waals surface area contributed by atoms with Gasteiger partial charge < -0.3 is 4.57 Å². The van der Waals surface area contributed by atoms with Gasteiger partial charge in [0.15, 0.2) is 4.80 Å². The smallest absolute Gasteiger partial charge is 0.279 e. The molecule has 3 aromatic carbocycles. The third-order valence-electron chi connectivity index (χ3n) is 5.50. The van der Waals surface area contributed by atoms with Crippen molar-refractivity contribution in [2.45, 2.75) is 24.9 Å². The number of benzene rings is 3. The molecule has 1 heterocycles.